The maximum absolute atomic E-state index is 4.31. The highest BCUT2D eigenvalue weighted by Gasteiger charge is 2.08. The standard InChI is InChI=1S/C12H13BrN2/c1-8-6-9(2)12(10(3)7-8)15-11(13)4-5-14-15/h4-7H,1-3H3. The Balaban J connectivity index is 2.68. The first-order valence-electron chi connectivity index (χ1n) is 4.87. The summed E-state index contributed by atoms with van der Waals surface area (Å²) in [5.41, 5.74) is 4.95. The fourth-order valence-corrected chi connectivity index (χ4v) is 2.35. The van der Waals surface area contributed by atoms with E-state index in [1.54, 1.807) is 6.20 Å². The van der Waals surface area contributed by atoms with Crippen LogP contribution in [0, 0.1) is 20.8 Å². The van der Waals surface area contributed by atoms with Crippen LogP contribution in [0.15, 0.2) is 29.0 Å². The molecule has 2 aromatic rings. The van der Waals surface area contributed by atoms with Crippen molar-refractivity contribution in [3.8, 4) is 5.69 Å². The van der Waals surface area contributed by atoms with E-state index in [-0.39, 0.29) is 0 Å². The molecule has 0 aliphatic heterocycles. The number of aryl methyl sites for hydroxylation is 3. The topological polar surface area (TPSA) is 17.8 Å². The smallest absolute Gasteiger partial charge is 0.109 e. The third-order valence-electron chi connectivity index (χ3n) is 2.44. The van der Waals surface area contributed by atoms with Gasteiger partial charge in [0.25, 0.3) is 0 Å². The lowest BCUT2D eigenvalue weighted by molar-refractivity contribution is 0.845. The monoisotopic (exact) mass is 264 g/mol. The molecule has 0 spiro atoms. The summed E-state index contributed by atoms with van der Waals surface area (Å²) in [6.07, 6.45) is 1.79. The minimum atomic E-state index is 0.984. The van der Waals surface area contributed by atoms with Crippen LogP contribution in [-0.2, 0) is 0 Å². The first-order valence-corrected chi connectivity index (χ1v) is 5.66. The summed E-state index contributed by atoms with van der Waals surface area (Å²) < 4.78 is 2.90. The molecule has 0 bridgehead atoms. The van der Waals surface area contributed by atoms with Gasteiger partial charge in [0.05, 0.1) is 11.9 Å². The lowest BCUT2D eigenvalue weighted by Crippen LogP contribution is -2.02. The molecule has 0 radical (unpaired) electrons. The van der Waals surface area contributed by atoms with Gasteiger partial charge in [-0.25, -0.2) is 4.68 Å². The highest BCUT2D eigenvalue weighted by molar-refractivity contribution is 9.10. The van der Waals surface area contributed by atoms with Crippen molar-refractivity contribution in [3.05, 3.63) is 45.7 Å². The average molecular weight is 265 g/mol. The quantitative estimate of drug-likeness (QED) is 0.770. The Kier molecular flexibility index (Phi) is 2.65. The van der Waals surface area contributed by atoms with Crippen LogP contribution in [0.1, 0.15) is 16.7 Å². The molecule has 2 rings (SSSR count). The third kappa shape index (κ3) is 1.84. The van der Waals surface area contributed by atoms with Crippen LogP contribution < -0.4 is 0 Å². The van der Waals surface area contributed by atoms with E-state index in [0.717, 1.165) is 10.3 Å². The van der Waals surface area contributed by atoms with Gasteiger partial charge in [0, 0.05) is 0 Å². The highest BCUT2D eigenvalue weighted by Crippen LogP contribution is 2.23. The Labute approximate surface area is 98.1 Å². The van der Waals surface area contributed by atoms with Crippen LogP contribution in [-0.4, -0.2) is 9.78 Å². The van der Waals surface area contributed by atoms with Gasteiger partial charge in [-0.15, -0.1) is 0 Å². The number of hydrogen-bond donors (Lipinski definition) is 0. The zero-order chi connectivity index (χ0) is 11.0. The van der Waals surface area contributed by atoms with E-state index in [2.05, 4.69) is 53.9 Å². The van der Waals surface area contributed by atoms with Crippen LogP contribution in [0.4, 0.5) is 0 Å². The van der Waals surface area contributed by atoms with Crippen molar-refractivity contribution in [3.63, 3.8) is 0 Å². The minimum Gasteiger partial charge on any atom is -0.226 e. The van der Waals surface area contributed by atoms with Gasteiger partial charge in [-0.05, 0) is 53.9 Å². The molecular weight excluding hydrogens is 252 g/mol. The number of hydrogen-bond acceptors (Lipinski definition) is 1. The largest absolute Gasteiger partial charge is 0.226 e. The summed E-state index contributed by atoms with van der Waals surface area (Å²) >= 11 is 3.49. The summed E-state index contributed by atoms with van der Waals surface area (Å²) in [4.78, 5) is 0. The predicted molar refractivity (Wildman–Crippen MR) is 65.5 cm³/mol. The van der Waals surface area contributed by atoms with Crippen LogP contribution in [0.2, 0.25) is 0 Å². The second-order valence-corrected chi connectivity index (χ2v) is 4.63. The van der Waals surface area contributed by atoms with E-state index in [0.29, 0.717) is 0 Å². The molecule has 0 atom stereocenters. The van der Waals surface area contributed by atoms with E-state index < -0.39 is 0 Å². The Bertz CT molecular complexity index is 477. The maximum atomic E-state index is 4.31. The molecule has 1 heterocycles. The van der Waals surface area contributed by atoms with Crippen LogP contribution in [0.3, 0.4) is 0 Å². The van der Waals surface area contributed by atoms with Crippen molar-refractivity contribution >= 4 is 15.9 Å². The maximum Gasteiger partial charge on any atom is 0.109 e. The van der Waals surface area contributed by atoms with E-state index in [1.165, 1.54) is 16.7 Å². The molecule has 0 unspecified atom stereocenters. The van der Waals surface area contributed by atoms with Gasteiger partial charge in [-0.3, -0.25) is 0 Å². The molecule has 0 aliphatic carbocycles. The molecule has 1 aromatic carbocycles. The Morgan fingerprint density at radius 3 is 2.20 bits per heavy atom. The van der Waals surface area contributed by atoms with E-state index in [4.69, 9.17) is 0 Å². The number of halogens is 1. The van der Waals surface area contributed by atoms with Crippen molar-refractivity contribution < 1.29 is 0 Å². The van der Waals surface area contributed by atoms with Crippen molar-refractivity contribution in [2.45, 2.75) is 20.8 Å². The molecule has 2 nitrogen and oxygen atoms in total. The van der Waals surface area contributed by atoms with Crippen LogP contribution in [0.5, 0.6) is 0 Å². The molecule has 0 amide bonds. The van der Waals surface area contributed by atoms with Gasteiger partial charge in [-0.2, -0.15) is 5.10 Å². The SMILES string of the molecule is Cc1cc(C)c(-n2nccc2Br)c(C)c1. The zero-order valence-corrected chi connectivity index (χ0v) is 10.7. The summed E-state index contributed by atoms with van der Waals surface area (Å²) in [6, 6.07) is 6.30. The number of rotatable bonds is 1. The molecule has 0 fully saturated rings. The van der Waals surface area contributed by atoms with Crippen LogP contribution >= 0.6 is 15.9 Å². The van der Waals surface area contributed by atoms with Gasteiger partial charge >= 0.3 is 0 Å². The van der Waals surface area contributed by atoms with E-state index in [1.807, 2.05) is 10.7 Å². The number of benzene rings is 1. The fourth-order valence-electron chi connectivity index (χ4n) is 1.96. The second-order valence-electron chi connectivity index (χ2n) is 3.81. The summed E-state index contributed by atoms with van der Waals surface area (Å²) in [5.74, 6) is 0. The van der Waals surface area contributed by atoms with Gasteiger partial charge in [-0.1, -0.05) is 17.7 Å². The lowest BCUT2D eigenvalue weighted by Gasteiger charge is -2.12. The van der Waals surface area contributed by atoms with E-state index in [9.17, 15) is 0 Å². The fraction of sp³-hybridized carbons (Fsp3) is 0.250. The third-order valence-corrected chi connectivity index (χ3v) is 3.04. The normalized spacial score (nSPS) is 10.7. The first kappa shape index (κ1) is 10.4. The Hall–Kier alpha value is -1.09. The van der Waals surface area contributed by atoms with Gasteiger partial charge in [0.1, 0.15) is 4.60 Å². The summed E-state index contributed by atoms with van der Waals surface area (Å²) in [6.45, 7) is 6.34. The first-order chi connectivity index (χ1) is 7.09. The summed E-state index contributed by atoms with van der Waals surface area (Å²) in [5, 5.41) is 4.31. The molecule has 1 aromatic heterocycles. The molecular formula is C12H13BrN2. The molecule has 0 aliphatic rings. The average Bonchev–Trinajstić information content (AvgIpc) is 2.50. The molecule has 0 saturated heterocycles. The minimum absolute atomic E-state index is 0.984. The number of aromatic nitrogens is 2. The second kappa shape index (κ2) is 3.81. The predicted octanol–water partition coefficient (Wildman–Crippen LogP) is 3.56. The molecule has 0 N–H and O–H groups in total. The highest BCUT2D eigenvalue weighted by atomic mass is 79.9. The van der Waals surface area contributed by atoms with Gasteiger partial charge in [0.2, 0.25) is 0 Å². The molecule has 0 saturated carbocycles. The van der Waals surface area contributed by atoms with Crippen molar-refractivity contribution in [2.75, 3.05) is 0 Å². The Morgan fingerprint density at radius 2 is 1.73 bits per heavy atom. The zero-order valence-electron chi connectivity index (χ0n) is 9.08. The summed E-state index contributed by atoms with van der Waals surface area (Å²) in [7, 11) is 0. The molecule has 78 valence electrons. The van der Waals surface area contributed by atoms with Crippen molar-refractivity contribution in [1.82, 2.24) is 9.78 Å². The Morgan fingerprint density at radius 1 is 1.13 bits per heavy atom. The van der Waals surface area contributed by atoms with Gasteiger partial charge < -0.3 is 0 Å². The molecule has 15 heavy (non-hydrogen) atoms. The van der Waals surface area contributed by atoms with Crippen molar-refractivity contribution in [2.24, 2.45) is 0 Å². The van der Waals surface area contributed by atoms with Crippen molar-refractivity contribution in [1.29, 1.82) is 0 Å². The lowest BCUT2D eigenvalue weighted by atomic mass is 10.1. The number of nitrogens with zero attached hydrogens (tertiary/aromatic N) is 2. The van der Waals surface area contributed by atoms with E-state index >= 15 is 0 Å². The molecule has 3 heteroatoms. The van der Waals surface area contributed by atoms with Gasteiger partial charge in [0.15, 0.2) is 0 Å². The van der Waals surface area contributed by atoms with Crippen LogP contribution in [0.25, 0.3) is 5.69 Å².